The molecule has 0 spiro atoms. The molecule has 0 aromatic rings. The topological polar surface area (TPSA) is 95.8 Å². The zero-order valence-corrected chi connectivity index (χ0v) is 4.76. The van der Waals surface area contributed by atoms with Crippen molar-refractivity contribution in [3.05, 3.63) is 0 Å². The minimum Gasteiger partial charge on any atom is -0.394 e. The van der Waals surface area contributed by atoms with Crippen molar-refractivity contribution in [1.82, 2.24) is 0 Å². The average Bonchev–Trinajstić information content (AvgIpc) is 1.97. The van der Waals surface area contributed by atoms with E-state index in [0.29, 0.717) is 0 Å². The van der Waals surface area contributed by atoms with Gasteiger partial charge in [0.05, 0.1) is 6.61 Å². The van der Waals surface area contributed by atoms with Crippen molar-refractivity contribution in [3.63, 3.8) is 0 Å². The Hall–Kier alpha value is -0.320. The minimum atomic E-state index is -0.235. The molecule has 2 N–H and O–H groups in total. The Morgan fingerprint density at radius 1 is 1.00 bits per heavy atom. The highest BCUT2D eigenvalue weighted by molar-refractivity contribution is 4.10. The SMILES string of the molecule is OCCOOOOOOO. The summed E-state index contributed by atoms with van der Waals surface area (Å²) in [5, 5.41) is 32.3. The Morgan fingerprint density at radius 3 is 2.30 bits per heavy atom. The third kappa shape index (κ3) is 7.68. The molecule has 0 saturated heterocycles. The van der Waals surface area contributed by atoms with Crippen molar-refractivity contribution in [2.24, 2.45) is 0 Å². The van der Waals surface area contributed by atoms with Crippen LogP contribution in [0.5, 0.6) is 0 Å². The molecule has 0 bridgehead atoms. The van der Waals surface area contributed by atoms with Gasteiger partial charge in [0.15, 0.2) is 0 Å². The monoisotopic (exact) mass is 158 g/mol. The van der Waals surface area contributed by atoms with Crippen molar-refractivity contribution in [2.45, 2.75) is 0 Å². The lowest BCUT2D eigenvalue weighted by Gasteiger charge is -1.96. The van der Waals surface area contributed by atoms with E-state index in [-0.39, 0.29) is 13.2 Å². The van der Waals surface area contributed by atoms with Gasteiger partial charge in [-0.15, -0.1) is 0 Å². The second kappa shape index (κ2) is 8.68. The maximum atomic E-state index is 8.07. The van der Waals surface area contributed by atoms with E-state index in [0.717, 1.165) is 0 Å². The molecule has 0 aromatic carbocycles. The van der Waals surface area contributed by atoms with Crippen molar-refractivity contribution in [1.29, 1.82) is 0 Å². The van der Waals surface area contributed by atoms with E-state index in [1.807, 2.05) is 0 Å². The third-order valence-electron chi connectivity index (χ3n) is 0.336. The minimum absolute atomic E-state index is 0.0939. The van der Waals surface area contributed by atoms with Gasteiger partial charge in [-0.1, -0.05) is 0 Å². The molecule has 0 fully saturated rings. The summed E-state index contributed by atoms with van der Waals surface area (Å²) in [6, 6.07) is 0. The Bertz CT molecular complexity index is 47.2. The van der Waals surface area contributed by atoms with Crippen LogP contribution >= 0.6 is 0 Å². The molecular weight excluding hydrogens is 152 g/mol. The van der Waals surface area contributed by atoms with Gasteiger partial charge in [-0.25, -0.2) is 10.1 Å². The van der Waals surface area contributed by atoms with E-state index in [9.17, 15) is 0 Å². The van der Waals surface area contributed by atoms with Gasteiger partial charge >= 0.3 is 0 Å². The summed E-state index contributed by atoms with van der Waals surface area (Å²) in [6.45, 7) is -0.329. The van der Waals surface area contributed by atoms with Crippen LogP contribution in [-0.2, 0) is 30.1 Å². The normalized spacial score (nSPS) is 10.2. The smallest absolute Gasteiger partial charge is 0.109 e. The lowest BCUT2D eigenvalue weighted by molar-refractivity contribution is -0.787. The number of hydrogen-bond donors (Lipinski definition) is 2. The zero-order chi connectivity index (χ0) is 7.66. The van der Waals surface area contributed by atoms with Gasteiger partial charge in [0.25, 0.3) is 0 Å². The predicted octanol–water partition coefficient (Wildman–Crippen LogP) is -0.874. The molecule has 10 heavy (non-hydrogen) atoms. The van der Waals surface area contributed by atoms with Crippen LogP contribution in [0.15, 0.2) is 0 Å². The fraction of sp³-hybridized carbons (Fsp3) is 1.00. The van der Waals surface area contributed by atoms with Gasteiger partial charge in [-0.05, 0) is 25.2 Å². The lowest BCUT2D eigenvalue weighted by Crippen LogP contribution is -2.02. The Balaban J connectivity index is 2.65. The average molecular weight is 158 g/mol. The Labute approximate surface area is 54.9 Å². The van der Waals surface area contributed by atoms with Crippen LogP contribution in [0.2, 0.25) is 0 Å². The largest absolute Gasteiger partial charge is 0.394 e. The first-order valence-electron chi connectivity index (χ1n) is 2.12. The van der Waals surface area contributed by atoms with Gasteiger partial charge in [0, 0.05) is 0 Å². The second-order valence-electron chi connectivity index (χ2n) is 0.892. The summed E-state index contributed by atoms with van der Waals surface area (Å²) >= 11 is 0. The molecule has 0 atom stereocenters. The summed E-state index contributed by atoms with van der Waals surface area (Å²) in [7, 11) is 0. The van der Waals surface area contributed by atoms with Crippen LogP contribution in [0, 0.1) is 0 Å². The summed E-state index contributed by atoms with van der Waals surface area (Å²) in [6.07, 6.45) is 0. The van der Waals surface area contributed by atoms with Crippen molar-refractivity contribution < 1.29 is 40.4 Å². The molecule has 0 radical (unpaired) electrons. The Morgan fingerprint density at radius 2 is 1.70 bits per heavy atom. The van der Waals surface area contributed by atoms with Gasteiger partial charge in [0.2, 0.25) is 0 Å². The summed E-state index contributed by atoms with van der Waals surface area (Å²) in [5.74, 6) is 0. The summed E-state index contributed by atoms with van der Waals surface area (Å²) < 4.78 is 0. The molecule has 62 valence electrons. The van der Waals surface area contributed by atoms with E-state index in [1.54, 1.807) is 0 Å². The van der Waals surface area contributed by atoms with E-state index in [4.69, 9.17) is 10.4 Å². The third-order valence-corrected chi connectivity index (χ3v) is 0.336. The van der Waals surface area contributed by atoms with Crippen molar-refractivity contribution in [3.8, 4) is 0 Å². The maximum absolute atomic E-state index is 8.07. The Kier molecular flexibility index (Phi) is 8.40. The van der Waals surface area contributed by atoms with Crippen LogP contribution in [0.4, 0.5) is 0 Å². The summed E-state index contributed by atoms with van der Waals surface area (Å²) in [5.41, 5.74) is 0. The molecule has 8 nitrogen and oxygen atoms in total. The standard InChI is InChI=1S/C2H6O8/c3-1-2-5-7-9-10-8-6-4/h3-4H,1-2H2. The van der Waals surface area contributed by atoms with Gasteiger partial charge < -0.3 is 5.11 Å². The second-order valence-corrected chi connectivity index (χ2v) is 0.892. The molecular formula is C2H6O8. The molecule has 0 unspecified atom stereocenters. The molecule has 0 aliphatic carbocycles. The molecule has 0 aliphatic heterocycles. The maximum Gasteiger partial charge on any atom is 0.109 e. The lowest BCUT2D eigenvalue weighted by atomic mass is 10.8. The highest BCUT2D eigenvalue weighted by Crippen LogP contribution is 1.83. The van der Waals surface area contributed by atoms with Crippen LogP contribution in [0.1, 0.15) is 0 Å². The first-order valence-corrected chi connectivity index (χ1v) is 2.12. The van der Waals surface area contributed by atoms with Crippen molar-refractivity contribution in [2.75, 3.05) is 13.2 Å². The van der Waals surface area contributed by atoms with Crippen LogP contribution in [0.3, 0.4) is 0 Å². The number of aliphatic hydroxyl groups is 1. The van der Waals surface area contributed by atoms with E-state index in [2.05, 4.69) is 30.1 Å². The molecule has 0 aromatic heterocycles. The molecule has 0 aliphatic rings. The quantitative estimate of drug-likeness (QED) is 0.280. The first-order chi connectivity index (χ1) is 4.91. The van der Waals surface area contributed by atoms with Crippen LogP contribution in [-0.4, -0.2) is 23.6 Å². The van der Waals surface area contributed by atoms with Crippen LogP contribution < -0.4 is 0 Å². The summed E-state index contributed by atoms with van der Waals surface area (Å²) in [4.78, 5) is 4.01. The van der Waals surface area contributed by atoms with E-state index in [1.165, 1.54) is 0 Å². The van der Waals surface area contributed by atoms with E-state index < -0.39 is 0 Å². The number of hydrogen-bond acceptors (Lipinski definition) is 8. The molecule has 0 heterocycles. The van der Waals surface area contributed by atoms with Gasteiger partial charge in [0.1, 0.15) is 6.61 Å². The first kappa shape index (κ1) is 9.68. The number of rotatable bonds is 7. The van der Waals surface area contributed by atoms with E-state index >= 15 is 0 Å². The predicted molar refractivity (Wildman–Crippen MR) is 21.1 cm³/mol. The van der Waals surface area contributed by atoms with Gasteiger partial charge in [-0.3, -0.25) is 0 Å². The highest BCUT2D eigenvalue weighted by atomic mass is 17.9. The van der Waals surface area contributed by atoms with Gasteiger partial charge in [-0.2, -0.15) is 0 Å². The van der Waals surface area contributed by atoms with Crippen LogP contribution in [0.25, 0.3) is 0 Å². The van der Waals surface area contributed by atoms with Crippen molar-refractivity contribution >= 4 is 0 Å². The zero-order valence-electron chi connectivity index (χ0n) is 4.76. The molecule has 0 saturated carbocycles. The fourth-order valence-electron chi connectivity index (χ4n) is 0.126. The molecule has 0 rings (SSSR count). The highest BCUT2D eigenvalue weighted by Gasteiger charge is 1.90. The molecule has 8 heteroatoms. The molecule has 0 amide bonds. The number of aliphatic hydroxyl groups excluding tert-OH is 1. The fourth-order valence-corrected chi connectivity index (χ4v) is 0.126.